The van der Waals surface area contributed by atoms with E-state index in [1.165, 1.54) is 4.63 Å². The van der Waals surface area contributed by atoms with Gasteiger partial charge in [0.05, 0.1) is 11.6 Å². The van der Waals surface area contributed by atoms with Crippen LogP contribution in [0.5, 0.6) is 0 Å². The topological polar surface area (TPSA) is 93.5 Å². The summed E-state index contributed by atoms with van der Waals surface area (Å²) < 4.78 is 11.6. The number of aromatic nitrogens is 4. The molecular weight excluding hydrogens is 358 g/mol. The summed E-state index contributed by atoms with van der Waals surface area (Å²) >= 11 is 6.18. The van der Waals surface area contributed by atoms with Crippen molar-refractivity contribution in [2.24, 2.45) is 5.92 Å². The Morgan fingerprint density at radius 2 is 2.04 bits per heavy atom. The van der Waals surface area contributed by atoms with Crippen LogP contribution in [0.25, 0.3) is 17.0 Å². The molecule has 0 aliphatic rings. The lowest BCUT2D eigenvalue weighted by Crippen LogP contribution is -2.16. The van der Waals surface area contributed by atoms with Crippen molar-refractivity contribution >= 4 is 28.9 Å². The Kier molecular flexibility index (Phi) is 5.43. The smallest absolute Gasteiger partial charge is 0.310 e. The Bertz CT molecular complexity index is 901. The third kappa shape index (κ3) is 3.97. The molecule has 0 spiro atoms. The summed E-state index contributed by atoms with van der Waals surface area (Å²) in [5, 5.41) is 12.3. The van der Waals surface area contributed by atoms with Crippen LogP contribution in [0.1, 0.15) is 19.5 Å². The number of hydrogen-bond acceptors (Lipinski definition) is 6. The summed E-state index contributed by atoms with van der Waals surface area (Å²) in [4.78, 5) is 14.5. The molecule has 2 N–H and O–H groups in total. The molecule has 26 heavy (non-hydrogen) atoms. The summed E-state index contributed by atoms with van der Waals surface area (Å²) in [6, 6.07) is 7.63. The molecule has 9 heteroatoms. The van der Waals surface area contributed by atoms with E-state index < -0.39 is 0 Å². The van der Waals surface area contributed by atoms with Crippen molar-refractivity contribution in [2.45, 2.75) is 20.8 Å². The molecule has 8 nitrogen and oxygen atoms in total. The second kappa shape index (κ2) is 7.76. The van der Waals surface area contributed by atoms with E-state index in [2.05, 4.69) is 20.5 Å². The highest BCUT2D eigenvalue weighted by atomic mass is 35.5. The molecule has 2 aromatic heterocycles. The Morgan fingerprint density at radius 1 is 1.31 bits per heavy atom. The largest absolute Gasteiger partial charge is 0.438 e. The van der Waals surface area contributed by atoms with E-state index in [9.17, 15) is 4.79 Å². The monoisotopic (exact) mass is 377 g/mol. The van der Waals surface area contributed by atoms with Crippen LogP contribution in [-0.4, -0.2) is 39.3 Å². The lowest BCUT2D eigenvalue weighted by Gasteiger charge is -2.09. The summed E-state index contributed by atoms with van der Waals surface area (Å²) in [5.41, 5.74) is 3.18. The van der Waals surface area contributed by atoms with Crippen molar-refractivity contribution in [3.8, 4) is 11.4 Å². The summed E-state index contributed by atoms with van der Waals surface area (Å²) in [5.74, 6) is 0.231. The van der Waals surface area contributed by atoms with E-state index in [0.717, 1.165) is 16.9 Å². The Labute approximate surface area is 155 Å². The number of benzene rings is 1. The molecule has 0 unspecified atom stereocenters. The van der Waals surface area contributed by atoms with Crippen molar-refractivity contribution < 1.29 is 14.3 Å². The maximum absolute atomic E-state index is 11.3. The number of carbonyl (C=O) groups is 1. The average molecular weight is 378 g/mol. The minimum atomic E-state index is -0.283. The molecule has 0 bridgehead atoms. The number of carbonyl (C=O) groups excluding carboxylic acids is 1. The molecule has 0 saturated heterocycles. The van der Waals surface area contributed by atoms with Gasteiger partial charge in [-0.3, -0.25) is 4.79 Å². The number of aryl methyl sites for hydroxylation is 1. The zero-order valence-electron chi connectivity index (χ0n) is 14.7. The minimum absolute atomic E-state index is 0.0749. The van der Waals surface area contributed by atoms with Gasteiger partial charge < -0.3 is 19.8 Å². The van der Waals surface area contributed by atoms with Gasteiger partial charge in [-0.1, -0.05) is 25.4 Å². The molecule has 0 aliphatic heterocycles. The first-order chi connectivity index (χ1) is 12.5. The molecule has 2 heterocycles. The van der Waals surface area contributed by atoms with Gasteiger partial charge in [0, 0.05) is 11.3 Å². The van der Waals surface area contributed by atoms with Crippen molar-refractivity contribution in [1.29, 1.82) is 0 Å². The number of aromatic amines is 1. The number of halogens is 1. The predicted octanol–water partition coefficient (Wildman–Crippen LogP) is 3.23. The van der Waals surface area contributed by atoms with Gasteiger partial charge in [0.1, 0.15) is 11.8 Å². The fourth-order valence-electron chi connectivity index (χ4n) is 2.22. The first-order valence-corrected chi connectivity index (χ1v) is 8.53. The highest BCUT2D eigenvalue weighted by Crippen LogP contribution is 2.24. The standard InChI is InChI=1S/C17H20ClN5O3/c1-10(2)17(24)26-9-25-8-19-13-6-4-12(5-7-13)15-20-16-14(18)11(3)21-23(16)22-15/h4-7,10,19H,8-9H2,1-3H3,(H,20,22). The molecule has 3 aromatic rings. The second-order valence-electron chi connectivity index (χ2n) is 6.05. The van der Waals surface area contributed by atoms with Crippen LogP contribution in [0.3, 0.4) is 0 Å². The number of rotatable bonds is 7. The molecule has 1 aromatic carbocycles. The van der Waals surface area contributed by atoms with E-state index in [4.69, 9.17) is 21.1 Å². The number of ether oxygens (including phenoxy) is 2. The Balaban J connectivity index is 1.54. The number of fused-ring (bicyclic) bond motifs is 1. The van der Waals surface area contributed by atoms with E-state index in [1.807, 2.05) is 31.2 Å². The third-order valence-corrected chi connectivity index (χ3v) is 4.15. The van der Waals surface area contributed by atoms with Gasteiger partial charge in [-0.2, -0.15) is 5.10 Å². The van der Waals surface area contributed by atoms with E-state index >= 15 is 0 Å². The van der Waals surface area contributed by atoms with Gasteiger partial charge in [0.25, 0.3) is 0 Å². The summed E-state index contributed by atoms with van der Waals surface area (Å²) in [6.07, 6.45) is 0. The SMILES string of the molecule is Cc1nn2nc(-c3ccc(NCOCOC(=O)C(C)C)cc3)[nH]c2c1Cl. The fourth-order valence-corrected chi connectivity index (χ4v) is 2.38. The Morgan fingerprint density at radius 3 is 2.69 bits per heavy atom. The second-order valence-corrected chi connectivity index (χ2v) is 6.43. The number of hydrogen-bond donors (Lipinski definition) is 2. The number of nitrogens with zero attached hydrogens (tertiary/aromatic N) is 3. The number of esters is 1. The van der Waals surface area contributed by atoms with Crippen LogP contribution in [0.15, 0.2) is 24.3 Å². The van der Waals surface area contributed by atoms with Gasteiger partial charge in [0.2, 0.25) is 0 Å². The normalized spacial score (nSPS) is 11.3. The molecule has 138 valence electrons. The first-order valence-electron chi connectivity index (χ1n) is 8.15. The predicted molar refractivity (Wildman–Crippen MR) is 97.9 cm³/mol. The quantitative estimate of drug-likeness (QED) is 0.373. The average Bonchev–Trinajstić information content (AvgIpc) is 3.14. The zero-order chi connectivity index (χ0) is 18.7. The molecule has 0 aliphatic carbocycles. The van der Waals surface area contributed by atoms with Crippen molar-refractivity contribution in [3.63, 3.8) is 0 Å². The van der Waals surface area contributed by atoms with Gasteiger partial charge in [-0.05, 0) is 31.2 Å². The lowest BCUT2D eigenvalue weighted by molar-refractivity contribution is -0.159. The maximum atomic E-state index is 11.3. The highest BCUT2D eigenvalue weighted by Gasteiger charge is 2.12. The molecule has 0 fully saturated rings. The van der Waals surface area contributed by atoms with Crippen LogP contribution in [-0.2, 0) is 14.3 Å². The van der Waals surface area contributed by atoms with E-state index in [-0.39, 0.29) is 25.4 Å². The van der Waals surface area contributed by atoms with Crippen LogP contribution in [0, 0.1) is 12.8 Å². The lowest BCUT2D eigenvalue weighted by atomic mass is 10.2. The first kappa shape index (κ1) is 18.2. The molecule has 0 amide bonds. The highest BCUT2D eigenvalue weighted by molar-refractivity contribution is 6.34. The van der Waals surface area contributed by atoms with E-state index in [0.29, 0.717) is 16.5 Å². The van der Waals surface area contributed by atoms with Crippen molar-refractivity contribution in [3.05, 3.63) is 35.0 Å². The summed E-state index contributed by atoms with van der Waals surface area (Å²) in [7, 11) is 0. The fraction of sp³-hybridized carbons (Fsp3) is 0.353. The molecule has 0 saturated carbocycles. The van der Waals surface area contributed by atoms with Crippen LogP contribution >= 0.6 is 11.6 Å². The van der Waals surface area contributed by atoms with Crippen LogP contribution < -0.4 is 5.32 Å². The van der Waals surface area contributed by atoms with Gasteiger partial charge >= 0.3 is 5.97 Å². The summed E-state index contributed by atoms with van der Waals surface area (Å²) in [6.45, 7) is 5.53. The van der Waals surface area contributed by atoms with E-state index in [1.54, 1.807) is 13.8 Å². The van der Waals surface area contributed by atoms with Gasteiger partial charge in [0.15, 0.2) is 18.3 Å². The van der Waals surface area contributed by atoms with Crippen LogP contribution in [0.2, 0.25) is 5.02 Å². The molecule has 3 rings (SSSR count). The molecular formula is C17H20ClN5O3. The molecule has 0 atom stereocenters. The van der Waals surface area contributed by atoms with Crippen molar-refractivity contribution in [1.82, 2.24) is 19.8 Å². The minimum Gasteiger partial charge on any atom is -0.438 e. The van der Waals surface area contributed by atoms with Crippen molar-refractivity contribution in [2.75, 3.05) is 18.8 Å². The van der Waals surface area contributed by atoms with Gasteiger partial charge in [-0.25, -0.2) is 0 Å². The van der Waals surface area contributed by atoms with Crippen LogP contribution in [0.4, 0.5) is 5.69 Å². The third-order valence-electron chi connectivity index (χ3n) is 3.69. The zero-order valence-corrected chi connectivity index (χ0v) is 15.5. The molecule has 0 radical (unpaired) electrons. The van der Waals surface area contributed by atoms with Gasteiger partial charge in [-0.15, -0.1) is 9.73 Å². The maximum Gasteiger partial charge on any atom is 0.310 e. The number of H-pyrrole nitrogens is 1. The number of anilines is 1. The Hall–Kier alpha value is -2.58. The number of nitrogens with one attached hydrogen (secondary N) is 2.